The standard InChI is InChI=1S/C37H37ClN2O4/c1-24-8-17-34-32(19-24)33(41)22-35(44-34)37(43)39-30(21-26-11-15-29(38)16-12-26)20-25-9-13-27(14-10-25)31-6-3-2-5-28(31)23-40-18-4-7-36(40)42/h2-3,5-6,8,11-12,15-17,19-20,22,27,30H,4,7,9-10,13-14,18,21,23H2,1H3,(H,39,43)/t27?,30-/m0/s1. The van der Waals surface area contributed by atoms with Gasteiger partial charge >= 0.3 is 0 Å². The third-order valence-electron chi connectivity index (χ3n) is 8.88. The zero-order chi connectivity index (χ0) is 30.6. The summed E-state index contributed by atoms with van der Waals surface area (Å²) in [6.07, 6.45) is 8.24. The second-order valence-electron chi connectivity index (χ2n) is 12.1. The zero-order valence-corrected chi connectivity index (χ0v) is 25.7. The highest BCUT2D eigenvalue weighted by Gasteiger charge is 2.25. The first kappa shape index (κ1) is 29.9. The van der Waals surface area contributed by atoms with Crippen molar-refractivity contribution in [2.45, 2.75) is 70.4 Å². The van der Waals surface area contributed by atoms with Gasteiger partial charge in [0.15, 0.2) is 11.2 Å². The van der Waals surface area contributed by atoms with Crippen molar-refractivity contribution in [3.05, 3.63) is 128 Å². The summed E-state index contributed by atoms with van der Waals surface area (Å²) in [6.45, 7) is 3.44. The van der Waals surface area contributed by atoms with Crippen LogP contribution in [0.25, 0.3) is 11.0 Å². The van der Waals surface area contributed by atoms with Crippen LogP contribution < -0.4 is 10.7 Å². The Balaban J connectivity index is 1.19. The minimum Gasteiger partial charge on any atom is -0.451 e. The van der Waals surface area contributed by atoms with E-state index in [0.717, 1.165) is 49.8 Å². The molecule has 0 radical (unpaired) electrons. The average Bonchev–Trinajstić information content (AvgIpc) is 3.43. The molecular weight excluding hydrogens is 572 g/mol. The second-order valence-corrected chi connectivity index (χ2v) is 12.5. The minimum absolute atomic E-state index is 0.00246. The van der Waals surface area contributed by atoms with E-state index in [0.29, 0.717) is 41.3 Å². The number of carbonyl (C=O) groups excluding carboxylic acids is 2. The highest BCUT2D eigenvalue weighted by molar-refractivity contribution is 6.30. The third-order valence-corrected chi connectivity index (χ3v) is 9.14. The summed E-state index contributed by atoms with van der Waals surface area (Å²) in [6, 6.07) is 22.6. The lowest BCUT2D eigenvalue weighted by Gasteiger charge is -2.28. The summed E-state index contributed by atoms with van der Waals surface area (Å²) in [5.41, 5.74) is 6.07. The number of halogens is 1. The topological polar surface area (TPSA) is 79.6 Å². The Hall–Kier alpha value is -4.16. The molecule has 0 unspecified atom stereocenters. The van der Waals surface area contributed by atoms with Crippen LogP contribution in [0.15, 0.2) is 93.7 Å². The number of carbonyl (C=O) groups is 2. The molecule has 3 aromatic carbocycles. The fraction of sp³-hybridized carbons (Fsp3) is 0.324. The molecule has 0 bridgehead atoms. The van der Waals surface area contributed by atoms with E-state index in [2.05, 4.69) is 35.7 Å². The fourth-order valence-corrected chi connectivity index (χ4v) is 6.68. The molecule has 6 nitrogen and oxygen atoms in total. The highest BCUT2D eigenvalue weighted by atomic mass is 35.5. The van der Waals surface area contributed by atoms with Gasteiger partial charge in [0.2, 0.25) is 5.91 Å². The molecule has 7 heteroatoms. The molecule has 6 rings (SSSR count). The largest absolute Gasteiger partial charge is 0.451 e. The number of benzene rings is 3. The molecule has 0 spiro atoms. The first-order valence-electron chi connectivity index (χ1n) is 15.5. The predicted octanol–water partition coefficient (Wildman–Crippen LogP) is 7.50. The Bertz CT molecular complexity index is 1760. The van der Waals surface area contributed by atoms with Gasteiger partial charge in [-0.15, -0.1) is 0 Å². The summed E-state index contributed by atoms with van der Waals surface area (Å²) in [5.74, 6) is 0.267. The van der Waals surface area contributed by atoms with E-state index in [1.165, 1.54) is 22.8 Å². The smallest absolute Gasteiger partial charge is 0.287 e. The van der Waals surface area contributed by atoms with Gasteiger partial charge in [-0.1, -0.05) is 71.3 Å². The Kier molecular flexibility index (Phi) is 8.99. The molecule has 1 saturated heterocycles. The molecule has 1 aliphatic heterocycles. The van der Waals surface area contributed by atoms with Gasteiger partial charge in [-0.3, -0.25) is 14.4 Å². The molecule has 2 fully saturated rings. The Morgan fingerprint density at radius 2 is 1.80 bits per heavy atom. The van der Waals surface area contributed by atoms with Gasteiger partial charge in [0.05, 0.1) is 11.4 Å². The van der Waals surface area contributed by atoms with E-state index in [4.69, 9.17) is 16.0 Å². The van der Waals surface area contributed by atoms with E-state index >= 15 is 0 Å². The van der Waals surface area contributed by atoms with Crippen LogP contribution in [0.4, 0.5) is 0 Å². The molecule has 1 saturated carbocycles. The normalized spacial score (nSPS) is 17.6. The van der Waals surface area contributed by atoms with Crippen molar-refractivity contribution in [3.63, 3.8) is 0 Å². The molecule has 44 heavy (non-hydrogen) atoms. The van der Waals surface area contributed by atoms with Gasteiger partial charge in [0.1, 0.15) is 5.58 Å². The molecular formula is C37H37ClN2O4. The van der Waals surface area contributed by atoms with Crippen LogP contribution in [-0.2, 0) is 17.8 Å². The van der Waals surface area contributed by atoms with Crippen LogP contribution in [0.3, 0.4) is 0 Å². The van der Waals surface area contributed by atoms with Gasteiger partial charge < -0.3 is 14.6 Å². The number of hydrogen-bond acceptors (Lipinski definition) is 4. The molecule has 2 heterocycles. The lowest BCUT2D eigenvalue weighted by molar-refractivity contribution is -0.128. The van der Waals surface area contributed by atoms with Crippen LogP contribution in [0.2, 0.25) is 5.02 Å². The highest BCUT2D eigenvalue weighted by Crippen LogP contribution is 2.37. The maximum atomic E-state index is 13.4. The lowest BCUT2D eigenvalue weighted by Crippen LogP contribution is -2.36. The fourth-order valence-electron chi connectivity index (χ4n) is 6.55. The monoisotopic (exact) mass is 608 g/mol. The Labute approximate surface area is 262 Å². The number of fused-ring (bicyclic) bond motifs is 1. The number of allylic oxidation sites excluding steroid dienone is 1. The minimum atomic E-state index is -0.417. The van der Waals surface area contributed by atoms with E-state index in [1.807, 2.05) is 42.2 Å². The summed E-state index contributed by atoms with van der Waals surface area (Å²) in [7, 11) is 0. The summed E-state index contributed by atoms with van der Waals surface area (Å²) in [4.78, 5) is 40.5. The van der Waals surface area contributed by atoms with Crippen molar-refractivity contribution in [3.8, 4) is 0 Å². The van der Waals surface area contributed by atoms with Crippen molar-refractivity contribution in [2.24, 2.45) is 0 Å². The summed E-state index contributed by atoms with van der Waals surface area (Å²) in [5, 5.41) is 4.25. The van der Waals surface area contributed by atoms with Gasteiger partial charge in [0, 0.05) is 30.6 Å². The second kappa shape index (κ2) is 13.2. The van der Waals surface area contributed by atoms with Crippen molar-refractivity contribution >= 4 is 34.4 Å². The molecule has 1 atom stereocenters. The number of aryl methyl sites for hydroxylation is 1. The quantitative estimate of drug-likeness (QED) is 0.210. The number of rotatable bonds is 8. The molecule has 1 aliphatic carbocycles. The number of hydrogen-bond donors (Lipinski definition) is 1. The first-order valence-corrected chi connectivity index (χ1v) is 15.8. The summed E-state index contributed by atoms with van der Waals surface area (Å²) >= 11 is 6.13. The van der Waals surface area contributed by atoms with E-state index in [9.17, 15) is 14.4 Å². The van der Waals surface area contributed by atoms with Crippen LogP contribution in [-0.4, -0.2) is 29.3 Å². The van der Waals surface area contributed by atoms with Crippen molar-refractivity contribution in [1.82, 2.24) is 10.2 Å². The molecule has 4 aromatic rings. The maximum absolute atomic E-state index is 13.4. The van der Waals surface area contributed by atoms with Gasteiger partial charge in [-0.25, -0.2) is 0 Å². The van der Waals surface area contributed by atoms with Crippen LogP contribution in [0.5, 0.6) is 0 Å². The zero-order valence-electron chi connectivity index (χ0n) is 25.0. The lowest BCUT2D eigenvalue weighted by atomic mass is 9.79. The number of nitrogens with zero attached hydrogens (tertiary/aromatic N) is 1. The van der Waals surface area contributed by atoms with Crippen molar-refractivity contribution < 1.29 is 14.0 Å². The van der Waals surface area contributed by atoms with E-state index < -0.39 is 5.91 Å². The molecule has 2 amide bonds. The van der Waals surface area contributed by atoms with E-state index in [-0.39, 0.29) is 23.1 Å². The number of likely N-dealkylation sites (tertiary alicyclic amines) is 1. The van der Waals surface area contributed by atoms with Gasteiger partial charge in [0.25, 0.3) is 5.91 Å². The van der Waals surface area contributed by atoms with Gasteiger partial charge in [-0.05, 0) is 92.3 Å². The third kappa shape index (κ3) is 6.97. The Morgan fingerprint density at radius 3 is 2.55 bits per heavy atom. The molecule has 226 valence electrons. The Morgan fingerprint density at radius 1 is 1.02 bits per heavy atom. The van der Waals surface area contributed by atoms with E-state index in [1.54, 1.807) is 12.1 Å². The molecule has 2 aliphatic rings. The average molecular weight is 609 g/mol. The van der Waals surface area contributed by atoms with Gasteiger partial charge in [-0.2, -0.15) is 0 Å². The molecule has 1 N–H and O–H groups in total. The predicted molar refractivity (Wildman–Crippen MR) is 174 cm³/mol. The van der Waals surface area contributed by atoms with Crippen molar-refractivity contribution in [2.75, 3.05) is 6.54 Å². The van der Waals surface area contributed by atoms with Crippen LogP contribution in [0, 0.1) is 6.92 Å². The number of amides is 2. The molecule has 1 aromatic heterocycles. The van der Waals surface area contributed by atoms with Crippen LogP contribution >= 0.6 is 11.6 Å². The van der Waals surface area contributed by atoms with Crippen molar-refractivity contribution in [1.29, 1.82) is 0 Å². The maximum Gasteiger partial charge on any atom is 0.287 e. The SMILES string of the molecule is Cc1ccc2oc(C(=O)N[C@@H](C=C3CCC(c4ccccc4CN4CCCC4=O)CC3)Cc3ccc(Cl)cc3)cc(=O)c2c1. The number of nitrogens with one attached hydrogen (secondary N) is 1. The summed E-state index contributed by atoms with van der Waals surface area (Å²) < 4.78 is 5.87. The first-order chi connectivity index (χ1) is 21.3. The van der Waals surface area contributed by atoms with Crippen LogP contribution in [0.1, 0.15) is 77.3 Å².